The molecule has 1 N–H and O–H groups in total. The number of pyridine rings is 1. The summed E-state index contributed by atoms with van der Waals surface area (Å²) >= 11 is 8.00. The number of benzene rings is 1. The minimum absolute atomic E-state index is 0.151. The van der Waals surface area contributed by atoms with E-state index in [1.165, 1.54) is 22.6 Å². The molecule has 6 rings (SSSR count). The van der Waals surface area contributed by atoms with Crippen molar-refractivity contribution in [2.75, 3.05) is 18.0 Å². The van der Waals surface area contributed by atoms with E-state index in [0.29, 0.717) is 32.1 Å². The van der Waals surface area contributed by atoms with Crippen LogP contribution in [0.3, 0.4) is 0 Å². The van der Waals surface area contributed by atoms with Crippen molar-refractivity contribution in [3.8, 4) is 11.1 Å². The molecule has 0 aliphatic carbocycles. The maximum absolute atomic E-state index is 12.9. The molecule has 40 heavy (non-hydrogen) atoms. The van der Waals surface area contributed by atoms with Crippen LogP contribution in [-0.2, 0) is 19.5 Å². The van der Waals surface area contributed by atoms with Crippen molar-refractivity contribution in [1.82, 2.24) is 19.4 Å². The quantitative estimate of drug-likeness (QED) is 0.353. The molecule has 1 aromatic carbocycles. The minimum atomic E-state index is -4.58. The van der Waals surface area contributed by atoms with Crippen molar-refractivity contribution in [3.05, 3.63) is 79.0 Å². The molecule has 210 valence electrons. The average molecular weight is 590 g/mol. The van der Waals surface area contributed by atoms with Gasteiger partial charge in [0, 0.05) is 70.3 Å². The van der Waals surface area contributed by atoms with Gasteiger partial charge in [-0.2, -0.15) is 13.2 Å². The molecule has 2 aliphatic rings. The normalized spacial score (nSPS) is 19.4. The summed E-state index contributed by atoms with van der Waals surface area (Å²) in [6, 6.07) is 9.56. The number of fused-ring (bicyclic) bond motifs is 2. The number of thiophene rings is 1. The van der Waals surface area contributed by atoms with Crippen LogP contribution in [0.4, 0.5) is 18.9 Å². The van der Waals surface area contributed by atoms with Gasteiger partial charge in [-0.05, 0) is 56.0 Å². The number of aryl methyl sites for hydroxylation is 1. The lowest BCUT2D eigenvalue weighted by molar-refractivity contribution is -0.141. The van der Waals surface area contributed by atoms with E-state index in [-0.39, 0.29) is 6.54 Å². The van der Waals surface area contributed by atoms with Gasteiger partial charge in [0.15, 0.2) is 0 Å². The molecule has 0 bridgehead atoms. The Labute approximate surface area is 236 Å². The van der Waals surface area contributed by atoms with E-state index >= 15 is 0 Å². The third kappa shape index (κ3) is 5.17. The first-order valence-electron chi connectivity index (χ1n) is 13.1. The number of nitrogens with one attached hydrogen (secondary N) is 1. The highest BCUT2D eigenvalue weighted by Gasteiger charge is 2.32. The standard InChI is InChI=1S/C28H27ClF3N5O2S/c1-16-9-19(13-34-16)36-7-2-3-17-10-18(29)11-22(25(17)36)21-4-6-33-23-12-20(40-26(21)23)14-37-24(38)5-8-35(27(37)39)15-28(30,31)32/h4-6,8,10-12,16,19,34H,2-3,7,9,13-15H2,1H3/t16-,19+/m1/s1. The monoisotopic (exact) mass is 589 g/mol. The number of anilines is 1. The number of hydrogen-bond acceptors (Lipinski definition) is 6. The van der Waals surface area contributed by atoms with Gasteiger partial charge >= 0.3 is 11.9 Å². The van der Waals surface area contributed by atoms with Gasteiger partial charge in [-0.25, -0.2) is 4.79 Å². The summed E-state index contributed by atoms with van der Waals surface area (Å²) < 4.78 is 41.0. The lowest BCUT2D eigenvalue weighted by Gasteiger charge is -2.38. The summed E-state index contributed by atoms with van der Waals surface area (Å²) in [5.74, 6) is 0. The van der Waals surface area contributed by atoms with E-state index in [9.17, 15) is 22.8 Å². The lowest BCUT2D eigenvalue weighted by atomic mass is 9.92. The van der Waals surface area contributed by atoms with Gasteiger partial charge in [0.05, 0.1) is 16.8 Å². The summed E-state index contributed by atoms with van der Waals surface area (Å²) in [7, 11) is 0. The van der Waals surface area contributed by atoms with Crippen LogP contribution in [0, 0.1) is 0 Å². The summed E-state index contributed by atoms with van der Waals surface area (Å²) in [5, 5.41) is 4.21. The van der Waals surface area contributed by atoms with Crippen LogP contribution in [0.25, 0.3) is 21.3 Å². The minimum Gasteiger partial charge on any atom is -0.366 e. The smallest absolute Gasteiger partial charge is 0.366 e. The Morgan fingerprint density at radius 2 is 2.00 bits per heavy atom. The topological polar surface area (TPSA) is 72.2 Å². The molecule has 0 radical (unpaired) electrons. The third-order valence-corrected chi connectivity index (χ3v) is 8.97. The van der Waals surface area contributed by atoms with Gasteiger partial charge in [0.1, 0.15) is 6.54 Å². The molecule has 1 fully saturated rings. The first-order chi connectivity index (χ1) is 19.1. The first-order valence-corrected chi connectivity index (χ1v) is 14.3. The van der Waals surface area contributed by atoms with E-state index in [2.05, 4.69) is 22.1 Å². The van der Waals surface area contributed by atoms with Gasteiger partial charge in [0.25, 0.3) is 5.56 Å². The SMILES string of the molecule is C[C@@H]1C[C@H](N2CCCc3cc(Cl)cc(-c4ccnc5cc(Cn6c(=O)ccn(CC(F)(F)F)c6=O)sc45)c32)CN1. The van der Waals surface area contributed by atoms with Crippen molar-refractivity contribution in [2.24, 2.45) is 0 Å². The highest BCUT2D eigenvalue weighted by Crippen LogP contribution is 2.44. The van der Waals surface area contributed by atoms with Crippen molar-refractivity contribution in [2.45, 2.75) is 57.5 Å². The van der Waals surface area contributed by atoms with Crippen LogP contribution in [0.2, 0.25) is 5.02 Å². The number of nitrogens with zero attached hydrogens (tertiary/aromatic N) is 4. The Morgan fingerprint density at radius 3 is 2.75 bits per heavy atom. The van der Waals surface area contributed by atoms with Gasteiger partial charge in [0.2, 0.25) is 0 Å². The van der Waals surface area contributed by atoms with Crippen molar-refractivity contribution in [1.29, 1.82) is 0 Å². The number of aromatic nitrogens is 3. The molecule has 3 aromatic heterocycles. The van der Waals surface area contributed by atoms with E-state index in [4.69, 9.17) is 11.6 Å². The van der Waals surface area contributed by atoms with Crippen LogP contribution in [0.5, 0.6) is 0 Å². The largest absolute Gasteiger partial charge is 0.406 e. The molecule has 12 heteroatoms. The number of hydrogen-bond donors (Lipinski definition) is 1. The van der Waals surface area contributed by atoms with E-state index in [1.807, 2.05) is 18.2 Å². The van der Waals surface area contributed by atoms with E-state index in [0.717, 1.165) is 65.0 Å². The molecule has 5 heterocycles. The Balaban J connectivity index is 1.43. The van der Waals surface area contributed by atoms with Gasteiger partial charge in [-0.3, -0.25) is 18.9 Å². The number of rotatable bonds is 5. The predicted octanol–water partition coefficient (Wildman–Crippen LogP) is 5.05. The van der Waals surface area contributed by atoms with Gasteiger partial charge in [-0.1, -0.05) is 11.6 Å². The maximum atomic E-state index is 12.9. The molecule has 2 atom stereocenters. The van der Waals surface area contributed by atoms with Crippen LogP contribution in [-0.4, -0.2) is 45.5 Å². The highest BCUT2D eigenvalue weighted by atomic mass is 35.5. The molecule has 0 amide bonds. The Hall–Kier alpha value is -3.15. The Kier molecular flexibility index (Phi) is 7.00. The van der Waals surface area contributed by atoms with Gasteiger partial charge in [-0.15, -0.1) is 11.3 Å². The second kappa shape index (κ2) is 10.4. The lowest BCUT2D eigenvalue weighted by Crippen LogP contribution is -2.41. The average Bonchev–Trinajstić information content (AvgIpc) is 3.52. The van der Waals surface area contributed by atoms with E-state index in [1.54, 1.807) is 12.3 Å². The van der Waals surface area contributed by atoms with Crippen molar-refractivity contribution >= 4 is 38.8 Å². The Bertz CT molecular complexity index is 1710. The molecular formula is C28H27ClF3N5O2S. The van der Waals surface area contributed by atoms with Gasteiger partial charge < -0.3 is 10.2 Å². The first kappa shape index (κ1) is 27.0. The third-order valence-electron chi connectivity index (χ3n) is 7.61. The molecule has 2 aliphatic heterocycles. The fourth-order valence-electron chi connectivity index (χ4n) is 5.91. The molecule has 0 unspecified atom stereocenters. The molecule has 7 nitrogen and oxygen atoms in total. The molecule has 0 saturated carbocycles. The summed E-state index contributed by atoms with van der Waals surface area (Å²) in [4.78, 5) is 32.9. The molecule has 1 saturated heterocycles. The molecule has 0 spiro atoms. The molecular weight excluding hydrogens is 563 g/mol. The fourth-order valence-corrected chi connectivity index (χ4v) is 7.28. The van der Waals surface area contributed by atoms with Crippen LogP contribution in [0.15, 0.2) is 52.3 Å². The maximum Gasteiger partial charge on any atom is 0.406 e. The van der Waals surface area contributed by atoms with Crippen LogP contribution < -0.4 is 21.5 Å². The number of alkyl halides is 3. The van der Waals surface area contributed by atoms with Crippen LogP contribution >= 0.6 is 22.9 Å². The zero-order chi connectivity index (χ0) is 28.2. The fraction of sp³-hybridized carbons (Fsp3) is 0.393. The number of halogens is 4. The zero-order valence-electron chi connectivity index (χ0n) is 21.7. The summed E-state index contributed by atoms with van der Waals surface area (Å²) in [5.41, 5.74) is 3.35. The second-order valence-corrected chi connectivity index (χ2v) is 12.1. The van der Waals surface area contributed by atoms with Crippen molar-refractivity contribution in [3.63, 3.8) is 0 Å². The Morgan fingerprint density at radius 1 is 1.18 bits per heavy atom. The summed E-state index contributed by atoms with van der Waals surface area (Å²) in [6.45, 7) is 2.45. The predicted molar refractivity (Wildman–Crippen MR) is 152 cm³/mol. The van der Waals surface area contributed by atoms with Crippen molar-refractivity contribution < 1.29 is 13.2 Å². The second-order valence-electron chi connectivity index (χ2n) is 10.5. The summed E-state index contributed by atoms with van der Waals surface area (Å²) in [6.07, 6.45) is 1.05. The zero-order valence-corrected chi connectivity index (χ0v) is 23.2. The van der Waals surface area contributed by atoms with E-state index < -0.39 is 24.0 Å². The molecule has 4 aromatic rings. The van der Waals surface area contributed by atoms with Crippen LogP contribution in [0.1, 0.15) is 30.2 Å². The highest BCUT2D eigenvalue weighted by molar-refractivity contribution is 7.19.